The van der Waals surface area contributed by atoms with Crippen LogP contribution in [0, 0.1) is 0 Å². The van der Waals surface area contributed by atoms with Gasteiger partial charge in [0.05, 0.1) is 10.6 Å². The first-order chi connectivity index (χ1) is 13.0. The highest BCUT2D eigenvalue weighted by molar-refractivity contribution is 7.89. The maximum absolute atomic E-state index is 12.7. The van der Waals surface area contributed by atoms with Crippen LogP contribution in [0.2, 0.25) is 0 Å². The van der Waals surface area contributed by atoms with Gasteiger partial charge in [0.25, 0.3) is 5.91 Å². The number of piperidine rings is 1. The molecule has 27 heavy (non-hydrogen) atoms. The van der Waals surface area contributed by atoms with Crippen molar-refractivity contribution in [3.8, 4) is 0 Å². The van der Waals surface area contributed by atoms with Gasteiger partial charge in [-0.25, -0.2) is 13.8 Å². The number of aromatic nitrogens is 1. The van der Waals surface area contributed by atoms with Crippen molar-refractivity contribution in [1.29, 1.82) is 0 Å². The van der Waals surface area contributed by atoms with Crippen LogP contribution in [0.15, 0.2) is 58.7 Å². The number of hydrogen-bond donors (Lipinski definition) is 1. The van der Waals surface area contributed by atoms with Crippen LogP contribution in [0.3, 0.4) is 0 Å². The Morgan fingerprint density at radius 2 is 1.78 bits per heavy atom. The first-order valence-electron chi connectivity index (χ1n) is 8.85. The molecule has 2 aromatic rings. The zero-order chi connectivity index (χ0) is 19.3. The molecule has 1 N–H and O–H groups in total. The van der Waals surface area contributed by atoms with E-state index in [9.17, 15) is 13.2 Å². The normalized spacial score (nSPS) is 16.1. The lowest BCUT2D eigenvalue weighted by Crippen LogP contribution is -2.35. The van der Waals surface area contributed by atoms with E-state index in [0.29, 0.717) is 18.8 Å². The van der Waals surface area contributed by atoms with Gasteiger partial charge in [0.15, 0.2) is 0 Å². The summed E-state index contributed by atoms with van der Waals surface area (Å²) in [7, 11) is -3.45. The van der Waals surface area contributed by atoms with Crippen molar-refractivity contribution in [2.75, 3.05) is 13.1 Å². The Bertz CT molecular complexity index is 919. The molecular weight excluding hydrogens is 364 g/mol. The van der Waals surface area contributed by atoms with Crippen molar-refractivity contribution in [2.24, 2.45) is 5.10 Å². The molecule has 1 aromatic heterocycles. The van der Waals surface area contributed by atoms with Gasteiger partial charge in [-0.05, 0) is 49.6 Å². The van der Waals surface area contributed by atoms with Gasteiger partial charge in [-0.3, -0.25) is 9.78 Å². The highest BCUT2D eigenvalue weighted by Crippen LogP contribution is 2.21. The zero-order valence-corrected chi connectivity index (χ0v) is 15.9. The van der Waals surface area contributed by atoms with E-state index < -0.39 is 15.9 Å². The topological polar surface area (TPSA) is 91.7 Å². The third-order valence-electron chi connectivity index (χ3n) is 4.45. The number of rotatable bonds is 5. The summed E-state index contributed by atoms with van der Waals surface area (Å²) in [6.07, 6.45) is 4.41. The number of amides is 1. The minimum atomic E-state index is -3.45. The Labute approximate surface area is 159 Å². The van der Waals surface area contributed by atoms with Gasteiger partial charge >= 0.3 is 0 Å². The first kappa shape index (κ1) is 19.2. The summed E-state index contributed by atoms with van der Waals surface area (Å²) in [6.45, 7) is 2.89. The molecule has 0 saturated carbocycles. The van der Waals surface area contributed by atoms with Crippen LogP contribution in [0.5, 0.6) is 0 Å². The minimum Gasteiger partial charge on any atom is -0.266 e. The summed E-state index contributed by atoms with van der Waals surface area (Å²) in [6, 6.07) is 11.6. The van der Waals surface area contributed by atoms with Crippen LogP contribution in [0.4, 0.5) is 0 Å². The molecule has 1 saturated heterocycles. The van der Waals surface area contributed by atoms with Gasteiger partial charge in [-0.1, -0.05) is 24.6 Å². The Morgan fingerprint density at radius 1 is 1.07 bits per heavy atom. The van der Waals surface area contributed by atoms with Crippen LogP contribution in [-0.2, 0) is 10.0 Å². The largest absolute Gasteiger partial charge is 0.289 e. The van der Waals surface area contributed by atoms with E-state index in [4.69, 9.17) is 0 Å². The number of hydrazone groups is 1. The smallest absolute Gasteiger partial charge is 0.266 e. The van der Waals surface area contributed by atoms with E-state index in [2.05, 4.69) is 15.5 Å². The van der Waals surface area contributed by atoms with Gasteiger partial charge in [-0.2, -0.15) is 9.41 Å². The van der Waals surface area contributed by atoms with Gasteiger partial charge in [-0.15, -0.1) is 0 Å². The van der Waals surface area contributed by atoms with Crippen LogP contribution in [-0.4, -0.2) is 42.4 Å². The molecule has 0 radical (unpaired) electrons. The summed E-state index contributed by atoms with van der Waals surface area (Å²) in [5, 5.41) is 4.07. The van der Waals surface area contributed by atoms with Crippen LogP contribution in [0.25, 0.3) is 0 Å². The second-order valence-electron chi connectivity index (χ2n) is 6.34. The van der Waals surface area contributed by atoms with Crippen molar-refractivity contribution in [3.63, 3.8) is 0 Å². The van der Waals surface area contributed by atoms with E-state index in [1.165, 1.54) is 6.20 Å². The predicted octanol–water partition coefficient (Wildman–Crippen LogP) is 2.41. The summed E-state index contributed by atoms with van der Waals surface area (Å²) in [5.41, 5.74) is 4.03. The number of hydrogen-bond acceptors (Lipinski definition) is 5. The van der Waals surface area contributed by atoms with Gasteiger partial charge in [0.2, 0.25) is 10.0 Å². The Kier molecular flexibility index (Phi) is 5.98. The van der Waals surface area contributed by atoms with E-state index >= 15 is 0 Å². The summed E-state index contributed by atoms with van der Waals surface area (Å²) < 4.78 is 26.9. The van der Waals surface area contributed by atoms with E-state index in [-0.39, 0.29) is 10.6 Å². The lowest BCUT2D eigenvalue weighted by molar-refractivity contribution is 0.0950. The molecular formula is C19H22N4O3S. The highest BCUT2D eigenvalue weighted by Gasteiger charge is 2.25. The molecule has 1 fully saturated rings. The third kappa shape index (κ3) is 4.58. The monoisotopic (exact) mass is 386 g/mol. The molecule has 0 bridgehead atoms. The fraction of sp³-hybridized carbons (Fsp3) is 0.316. The third-order valence-corrected chi connectivity index (χ3v) is 6.36. The quantitative estimate of drug-likeness (QED) is 0.631. The van der Waals surface area contributed by atoms with E-state index in [0.717, 1.165) is 24.8 Å². The Balaban J connectivity index is 1.70. The molecule has 142 valence electrons. The first-order valence-corrected chi connectivity index (χ1v) is 10.3. The highest BCUT2D eigenvalue weighted by atomic mass is 32.2. The molecule has 2 heterocycles. The lowest BCUT2D eigenvalue weighted by Gasteiger charge is -2.25. The van der Waals surface area contributed by atoms with Crippen molar-refractivity contribution < 1.29 is 13.2 Å². The number of carbonyl (C=O) groups excluding carboxylic acids is 1. The molecule has 0 spiro atoms. The lowest BCUT2D eigenvalue weighted by atomic mass is 10.1. The standard InChI is InChI=1S/C19H22N4O3S/c1-15(21-22-19(24)18-7-3-4-12-20-18)16-8-10-17(11-9-16)27(25,26)23-13-5-2-6-14-23/h3-4,7-12H,2,5-6,13-14H2,1H3,(H,22,24)/b21-15-. The number of sulfonamides is 1. The van der Waals surface area contributed by atoms with Crippen molar-refractivity contribution in [1.82, 2.24) is 14.7 Å². The molecule has 8 heteroatoms. The maximum atomic E-state index is 12.7. The minimum absolute atomic E-state index is 0.275. The number of nitrogens with one attached hydrogen (secondary N) is 1. The second-order valence-corrected chi connectivity index (χ2v) is 8.28. The fourth-order valence-electron chi connectivity index (χ4n) is 2.88. The average Bonchev–Trinajstić information content (AvgIpc) is 2.73. The zero-order valence-electron chi connectivity index (χ0n) is 15.1. The van der Waals surface area contributed by atoms with Crippen molar-refractivity contribution in [3.05, 3.63) is 59.9 Å². The molecule has 1 aliphatic rings. The summed E-state index contributed by atoms with van der Waals surface area (Å²) >= 11 is 0. The van der Waals surface area contributed by atoms with Crippen LogP contribution >= 0.6 is 0 Å². The van der Waals surface area contributed by atoms with E-state index in [1.54, 1.807) is 53.7 Å². The molecule has 7 nitrogen and oxygen atoms in total. The van der Waals surface area contributed by atoms with Crippen LogP contribution in [0.1, 0.15) is 42.2 Å². The predicted molar refractivity (Wildman–Crippen MR) is 103 cm³/mol. The van der Waals surface area contributed by atoms with Crippen molar-refractivity contribution in [2.45, 2.75) is 31.1 Å². The Hall–Kier alpha value is -2.58. The Morgan fingerprint density at radius 3 is 2.41 bits per heavy atom. The number of benzene rings is 1. The van der Waals surface area contributed by atoms with Gasteiger partial charge in [0, 0.05) is 19.3 Å². The van der Waals surface area contributed by atoms with Crippen LogP contribution < -0.4 is 5.43 Å². The number of pyridine rings is 1. The molecule has 0 aliphatic carbocycles. The number of nitrogens with zero attached hydrogens (tertiary/aromatic N) is 3. The SMILES string of the molecule is C/C(=N/NC(=O)c1ccccn1)c1ccc(S(=O)(=O)N2CCCCC2)cc1. The molecule has 1 aromatic carbocycles. The summed E-state index contributed by atoms with van der Waals surface area (Å²) in [4.78, 5) is 16.2. The van der Waals surface area contributed by atoms with E-state index in [1.807, 2.05) is 0 Å². The van der Waals surface area contributed by atoms with Crippen molar-refractivity contribution >= 4 is 21.6 Å². The average molecular weight is 386 g/mol. The molecule has 0 atom stereocenters. The molecule has 1 amide bonds. The van der Waals surface area contributed by atoms with Gasteiger partial charge in [0.1, 0.15) is 5.69 Å². The summed E-state index contributed by atoms with van der Waals surface area (Å²) in [5.74, 6) is -0.403. The fourth-order valence-corrected chi connectivity index (χ4v) is 4.39. The molecule has 1 aliphatic heterocycles. The molecule has 3 rings (SSSR count). The maximum Gasteiger partial charge on any atom is 0.289 e. The number of carbonyl (C=O) groups is 1. The van der Waals surface area contributed by atoms with Gasteiger partial charge < -0.3 is 0 Å². The second kappa shape index (κ2) is 8.41. The molecule has 0 unspecified atom stereocenters.